The second-order valence-corrected chi connectivity index (χ2v) is 5.42. The lowest BCUT2D eigenvalue weighted by atomic mass is 10.3. The van der Waals surface area contributed by atoms with E-state index in [1.54, 1.807) is 0 Å². The second-order valence-electron chi connectivity index (χ2n) is 3.51. The molecule has 1 rings (SSSR count). The van der Waals surface area contributed by atoms with Gasteiger partial charge in [-0.2, -0.15) is 13.2 Å². The first-order valence-electron chi connectivity index (χ1n) is 5.04. The van der Waals surface area contributed by atoms with Gasteiger partial charge in [0.25, 0.3) is 9.84 Å². The zero-order valence-corrected chi connectivity index (χ0v) is 10.6. The second kappa shape index (κ2) is 5.74. The Balaban J connectivity index is 3.22. The van der Waals surface area contributed by atoms with Crippen molar-refractivity contribution < 1.29 is 30.7 Å². The van der Waals surface area contributed by atoms with Gasteiger partial charge in [0.1, 0.15) is 10.7 Å². The molecule has 108 valence electrons. The van der Waals surface area contributed by atoms with Crippen LogP contribution in [0.4, 0.5) is 23.2 Å². The van der Waals surface area contributed by atoms with Crippen molar-refractivity contribution in [3.05, 3.63) is 24.0 Å². The number of nitrogens with one attached hydrogen (secondary N) is 1. The summed E-state index contributed by atoms with van der Waals surface area (Å²) < 4.78 is 77.6. The third-order valence-corrected chi connectivity index (χ3v) is 3.69. The van der Waals surface area contributed by atoms with Gasteiger partial charge in [-0.25, -0.2) is 12.8 Å². The van der Waals surface area contributed by atoms with Gasteiger partial charge in [0, 0.05) is 13.7 Å². The molecule has 1 aromatic carbocycles. The van der Waals surface area contributed by atoms with E-state index < -0.39 is 26.1 Å². The van der Waals surface area contributed by atoms with E-state index in [1.807, 2.05) is 0 Å². The van der Waals surface area contributed by atoms with Crippen LogP contribution in [0.2, 0.25) is 0 Å². The summed E-state index contributed by atoms with van der Waals surface area (Å²) in [5, 5.41) is 2.45. The smallest absolute Gasteiger partial charge is 0.383 e. The van der Waals surface area contributed by atoms with Crippen LogP contribution < -0.4 is 5.32 Å². The molecule has 0 aromatic heterocycles. The highest BCUT2D eigenvalue weighted by molar-refractivity contribution is 7.92. The van der Waals surface area contributed by atoms with E-state index in [0.717, 1.165) is 12.1 Å². The number of halogens is 4. The maximum atomic E-state index is 13.0. The fraction of sp³-hybridized carbons (Fsp3) is 0.400. The minimum absolute atomic E-state index is 0.0858. The summed E-state index contributed by atoms with van der Waals surface area (Å²) in [5.74, 6) is -1.07. The Bertz CT molecular complexity index is 542. The molecule has 0 aliphatic heterocycles. The zero-order valence-electron chi connectivity index (χ0n) is 9.79. The topological polar surface area (TPSA) is 55.4 Å². The minimum Gasteiger partial charge on any atom is -0.383 e. The van der Waals surface area contributed by atoms with Gasteiger partial charge in [-0.15, -0.1) is 0 Å². The van der Waals surface area contributed by atoms with Crippen molar-refractivity contribution in [1.29, 1.82) is 0 Å². The molecule has 4 nitrogen and oxygen atoms in total. The maximum Gasteiger partial charge on any atom is 0.501 e. The first-order valence-corrected chi connectivity index (χ1v) is 6.52. The van der Waals surface area contributed by atoms with Crippen LogP contribution in [0.5, 0.6) is 0 Å². The molecule has 1 N–H and O–H groups in total. The van der Waals surface area contributed by atoms with E-state index in [9.17, 15) is 26.0 Å². The van der Waals surface area contributed by atoms with Crippen LogP contribution in [0.15, 0.2) is 23.1 Å². The molecule has 0 amide bonds. The Morgan fingerprint density at radius 2 is 1.95 bits per heavy atom. The van der Waals surface area contributed by atoms with Crippen LogP contribution in [0.3, 0.4) is 0 Å². The number of alkyl halides is 3. The van der Waals surface area contributed by atoms with Crippen molar-refractivity contribution in [2.45, 2.75) is 10.4 Å². The zero-order chi connectivity index (χ0) is 14.7. The summed E-state index contributed by atoms with van der Waals surface area (Å²) >= 11 is 0. The van der Waals surface area contributed by atoms with Gasteiger partial charge in [0.05, 0.1) is 12.3 Å². The van der Waals surface area contributed by atoms with E-state index in [4.69, 9.17) is 0 Å². The highest BCUT2D eigenvalue weighted by Crippen LogP contribution is 2.34. The van der Waals surface area contributed by atoms with Crippen LogP contribution in [0.25, 0.3) is 0 Å². The third kappa shape index (κ3) is 3.57. The predicted molar refractivity (Wildman–Crippen MR) is 60.0 cm³/mol. The van der Waals surface area contributed by atoms with Crippen molar-refractivity contribution in [1.82, 2.24) is 0 Å². The van der Waals surface area contributed by atoms with E-state index in [-0.39, 0.29) is 18.8 Å². The van der Waals surface area contributed by atoms with Crippen molar-refractivity contribution in [3.63, 3.8) is 0 Å². The Morgan fingerprint density at radius 3 is 2.47 bits per heavy atom. The number of hydrogen-bond donors (Lipinski definition) is 1. The SMILES string of the molecule is COCCNc1ccc(F)cc1S(=O)(=O)C(F)(F)F. The average molecular weight is 301 g/mol. The number of hydrogen-bond acceptors (Lipinski definition) is 4. The van der Waals surface area contributed by atoms with Crippen LogP contribution in [0, 0.1) is 5.82 Å². The summed E-state index contributed by atoms with van der Waals surface area (Å²) in [7, 11) is -4.24. The molecule has 0 atom stereocenters. The third-order valence-electron chi connectivity index (χ3n) is 2.16. The van der Waals surface area contributed by atoms with E-state index in [2.05, 4.69) is 10.1 Å². The Hall–Kier alpha value is -1.35. The molecule has 0 saturated carbocycles. The largest absolute Gasteiger partial charge is 0.501 e. The lowest BCUT2D eigenvalue weighted by molar-refractivity contribution is -0.0435. The monoisotopic (exact) mass is 301 g/mol. The van der Waals surface area contributed by atoms with Gasteiger partial charge in [-0.1, -0.05) is 0 Å². The van der Waals surface area contributed by atoms with Gasteiger partial charge in [-0.05, 0) is 18.2 Å². The maximum absolute atomic E-state index is 13.0. The molecule has 1 aromatic rings. The molecule has 0 aliphatic carbocycles. The summed E-state index contributed by atoms with van der Waals surface area (Å²) in [4.78, 5) is -1.14. The minimum atomic E-state index is -5.61. The van der Waals surface area contributed by atoms with Gasteiger partial charge in [0.15, 0.2) is 0 Å². The summed E-state index contributed by atoms with van der Waals surface area (Å²) in [6.45, 7) is 0.241. The Labute approximate surface area is 107 Å². The Morgan fingerprint density at radius 1 is 1.32 bits per heavy atom. The molecule has 0 spiro atoms. The molecule has 0 fully saturated rings. The van der Waals surface area contributed by atoms with Crippen LogP contribution in [-0.2, 0) is 14.6 Å². The average Bonchev–Trinajstić information content (AvgIpc) is 2.29. The molecule has 0 aliphatic rings. The highest BCUT2D eigenvalue weighted by Gasteiger charge is 2.48. The molecular formula is C10H11F4NO3S. The quantitative estimate of drug-likeness (QED) is 0.669. The molecule has 0 bridgehead atoms. The number of ether oxygens (including phenoxy) is 1. The molecular weight excluding hydrogens is 290 g/mol. The number of sulfone groups is 1. The molecule has 0 radical (unpaired) electrons. The van der Waals surface area contributed by atoms with Gasteiger partial charge < -0.3 is 10.1 Å². The normalized spacial score (nSPS) is 12.5. The first kappa shape index (κ1) is 15.7. The summed E-state index contributed by atoms with van der Waals surface area (Å²) in [6, 6.07) is 2.13. The summed E-state index contributed by atoms with van der Waals surface area (Å²) in [5.41, 5.74) is -5.81. The molecule has 9 heteroatoms. The van der Waals surface area contributed by atoms with E-state index >= 15 is 0 Å². The fourth-order valence-electron chi connectivity index (χ4n) is 1.28. The number of benzene rings is 1. The van der Waals surface area contributed by atoms with Crippen molar-refractivity contribution in [2.75, 3.05) is 25.6 Å². The fourth-order valence-corrected chi connectivity index (χ4v) is 2.22. The lowest BCUT2D eigenvalue weighted by Crippen LogP contribution is -2.25. The highest BCUT2D eigenvalue weighted by atomic mass is 32.2. The standard InChI is InChI=1S/C10H11F4NO3S/c1-18-5-4-15-8-3-2-7(11)6-9(8)19(16,17)10(12,13)14/h2-3,6,15H,4-5H2,1H3. The summed E-state index contributed by atoms with van der Waals surface area (Å²) in [6.07, 6.45) is 0. The van der Waals surface area contributed by atoms with Gasteiger partial charge >= 0.3 is 5.51 Å². The van der Waals surface area contributed by atoms with Gasteiger partial charge in [-0.3, -0.25) is 0 Å². The Kier molecular flexibility index (Phi) is 4.75. The molecule has 0 saturated heterocycles. The van der Waals surface area contributed by atoms with Crippen LogP contribution >= 0.6 is 0 Å². The van der Waals surface area contributed by atoms with Crippen molar-refractivity contribution in [3.8, 4) is 0 Å². The molecule has 0 heterocycles. The van der Waals surface area contributed by atoms with Crippen LogP contribution in [0.1, 0.15) is 0 Å². The lowest BCUT2D eigenvalue weighted by Gasteiger charge is -2.14. The van der Waals surface area contributed by atoms with Crippen molar-refractivity contribution >= 4 is 15.5 Å². The molecule has 19 heavy (non-hydrogen) atoms. The number of rotatable bonds is 5. The molecule has 0 unspecified atom stereocenters. The van der Waals surface area contributed by atoms with E-state index in [0.29, 0.717) is 6.07 Å². The number of methoxy groups -OCH3 is 1. The van der Waals surface area contributed by atoms with E-state index in [1.165, 1.54) is 7.11 Å². The van der Waals surface area contributed by atoms with Crippen LogP contribution in [-0.4, -0.2) is 34.2 Å². The predicted octanol–water partition coefficient (Wildman–Crippen LogP) is 2.18. The first-order chi connectivity index (χ1) is 8.70. The van der Waals surface area contributed by atoms with Crippen molar-refractivity contribution in [2.24, 2.45) is 0 Å². The number of anilines is 1. The van der Waals surface area contributed by atoms with Gasteiger partial charge in [0.2, 0.25) is 0 Å².